The number of aryl methyl sites for hydroxylation is 1. The molecule has 0 unspecified atom stereocenters. The van der Waals surface area contributed by atoms with E-state index in [9.17, 15) is 14.9 Å². The van der Waals surface area contributed by atoms with Crippen LogP contribution in [0.25, 0.3) is 0 Å². The van der Waals surface area contributed by atoms with Crippen LogP contribution in [0.3, 0.4) is 0 Å². The fourth-order valence-corrected chi connectivity index (χ4v) is 2.10. The van der Waals surface area contributed by atoms with Crippen LogP contribution in [0.5, 0.6) is 0 Å². The van der Waals surface area contributed by atoms with Gasteiger partial charge in [-0.1, -0.05) is 6.07 Å². The Morgan fingerprint density at radius 3 is 2.74 bits per heavy atom. The summed E-state index contributed by atoms with van der Waals surface area (Å²) in [6, 6.07) is 4.35. The highest BCUT2D eigenvalue weighted by Gasteiger charge is 2.26. The summed E-state index contributed by atoms with van der Waals surface area (Å²) in [5, 5.41) is 10.7. The topological polar surface area (TPSA) is 89.5 Å². The molecule has 6 nitrogen and oxygen atoms in total. The van der Waals surface area contributed by atoms with Crippen LogP contribution in [0.4, 0.5) is 5.69 Å². The van der Waals surface area contributed by atoms with Gasteiger partial charge in [-0.2, -0.15) is 0 Å². The van der Waals surface area contributed by atoms with Gasteiger partial charge in [0.25, 0.3) is 11.6 Å². The van der Waals surface area contributed by atoms with Crippen molar-refractivity contribution in [2.75, 3.05) is 13.1 Å². The van der Waals surface area contributed by atoms with E-state index in [1.807, 2.05) is 0 Å². The first-order chi connectivity index (χ1) is 8.49. The van der Waals surface area contributed by atoms with Gasteiger partial charge in [0.05, 0.1) is 4.92 Å². The number of benzene rings is 1. The second-order valence-corrected chi connectivity index (χ2v) is 4.56. The Morgan fingerprint density at radius 1 is 1.53 bits per heavy atom. The Labute approximate surface area is 117 Å². The van der Waals surface area contributed by atoms with E-state index in [1.54, 1.807) is 17.9 Å². The normalized spacial score (nSPS) is 18.0. The van der Waals surface area contributed by atoms with Gasteiger partial charge in [-0.3, -0.25) is 14.9 Å². The van der Waals surface area contributed by atoms with Gasteiger partial charge in [0.2, 0.25) is 0 Å². The molecule has 1 aromatic carbocycles. The summed E-state index contributed by atoms with van der Waals surface area (Å²) < 4.78 is 0. The summed E-state index contributed by atoms with van der Waals surface area (Å²) in [6.07, 6.45) is 0.777. The molecule has 2 rings (SSSR count). The number of carbonyl (C=O) groups is 1. The van der Waals surface area contributed by atoms with Crippen molar-refractivity contribution in [2.24, 2.45) is 5.73 Å². The van der Waals surface area contributed by atoms with Gasteiger partial charge in [-0.25, -0.2) is 0 Å². The highest BCUT2D eigenvalue weighted by atomic mass is 35.5. The molecule has 1 aliphatic rings. The summed E-state index contributed by atoms with van der Waals surface area (Å²) in [5.74, 6) is -0.177. The van der Waals surface area contributed by atoms with Crippen molar-refractivity contribution in [1.29, 1.82) is 0 Å². The molecule has 2 N–H and O–H groups in total. The lowest BCUT2D eigenvalue weighted by Crippen LogP contribution is -2.32. The van der Waals surface area contributed by atoms with Crippen LogP contribution in [0.15, 0.2) is 18.2 Å². The number of amides is 1. The van der Waals surface area contributed by atoms with Crippen LogP contribution in [0.2, 0.25) is 0 Å². The van der Waals surface area contributed by atoms with Gasteiger partial charge < -0.3 is 10.6 Å². The number of nitro benzene ring substituents is 1. The zero-order chi connectivity index (χ0) is 13.3. The van der Waals surface area contributed by atoms with Crippen LogP contribution in [-0.2, 0) is 0 Å². The third kappa shape index (κ3) is 3.21. The summed E-state index contributed by atoms with van der Waals surface area (Å²) in [7, 11) is 0. The van der Waals surface area contributed by atoms with Crippen molar-refractivity contribution in [3.8, 4) is 0 Å². The van der Waals surface area contributed by atoms with Gasteiger partial charge in [0.15, 0.2) is 0 Å². The fraction of sp³-hybridized carbons (Fsp3) is 0.417. The number of halogens is 1. The van der Waals surface area contributed by atoms with Crippen LogP contribution in [-0.4, -0.2) is 34.9 Å². The number of likely N-dealkylation sites (tertiary alicyclic amines) is 1. The summed E-state index contributed by atoms with van der Waals surface area (Å²) in [5.41, 5.74) is 6.82. The molecule has 0 aromatic heterocycles. The third-order valence-corrected chi connectivity index (χ3v) is 3.17. The molecule has 1 aliphatic heterocycles. The van der Waals surface area contributed by atoms with E-state index in [1.165, 1.54) is 12.1 Å². The Balaban J connectivity index is 0.00000180. The lowest BCUT2D eigenvalue weighted by Gasteiger charge is -2.16. The molecule has 1 amide bonds. The van der Waals surface area contributed by atoms with Gasteiger partial charge in [0, 0.05) is 36.8 Å². The maximum Gasteiger partial charge on any atom is 0.270 e. The smallest absolute Gasteiger partial charge is 0.270 e. The molecule has 1 fully saturated rings. The minimum Gasteiger partial charge on any atom is -0.337 e. The standard InChI is InChI=1S/C12H15N3O3.ClH/c1-8-2-3-10(15(17)18)6-11(8)12(16)14-5-4-9(13)7-14;/h2-3,6,9H,4-5,7,13H2,1H3;1H/t9-;/m1./s1. The summed E-state index contributed by atoms with van der Waals surface area (Å²) in [4.78, 5) is 24.1. The quantitative estimate of drug-likeness (QED) is 0.658. The molecule has 0 saturated carbocycles. The van der Waals surface area contributed by atoms with Crippen molar-refractivity contribution in [2.45, 2.75) is 19.4 Å². The van der Waals surface area contributed by atoms with Crippen molar-refractivity contribution in [3.05, 3.63) is 39.4 Å². The predicted molar refractivity (Wildman–Crippen MR) is 73.6 cm³/mol. The maximum absolute atomic E-state index is 12.2. The molecule has 1 aromatic rings. The predicted octanol–water partition coefficient (Wildman–Crippen LogP) is 1.50. The number of nitro groups is 1. The second-order valence-electron chi connectivity index (χ2n) is 4.56. The zero-order valence-electron chi connectivity index (χ0n) is 10.5. The van der Waals surface area contributed by atoms with E-state index in [2.05, 4.69) is 0 Å². The molecule has 0 spiro atoms. The molecule has 1 saturated heterocycles. The Morgan fingerprint density at radius 2 is 2.21 bits per heavy atom. The van der Waals surface area contributed by atoms with E-state index < -0.39 is 4.92 Å². The van der Waals surface area contributed by atoms with Crippen molar-refractivity contribution >= 4 is 24.0 Å². The van der Waals surface area contributed by atoms with Crippen molar-refractivity contribution < 1.29 is 9.72 Å². The number of nitrogens with two attached hydrogens (primary N) is 1. The largest absolute Gasteiger partial charge is 0.337 e. The second kappa shape index (κ2) is 5.99. The first-order valence-electron chi connectivity index (χ1n) is 5.79. The highest BCUT2D eigenvalue weighted by Crippen LogP contribution is 2.20. The molecule has 1 atom stereocenters. The van der Waals surface area contributed by atoms with Gasteiger partial charge in [-0.05, 0) is 18.9 Å². The van der Waals surface area contributed by atoms with E-state index in [-0.39, 0.29) is 30.0 Å². The molecule has 7 heteroatoms. The van der Waals surface area contributed by atoms with E-state index in [4.69, 9.17) is 5.73 Å². The van der Waals surface area contributed by atoms with Crippen LogP contribution in [0.1, 0.15) is 22.3 Å². The monoisotopic (exact) mass is 285 g/mol. The zero-order valence-corrected chi connectivity index (χ0v) is 11.4. The average molecular weight is 286 g/mol. The van der Waals surface area contributed by atoms with Crippen molar-refractivity contribution in [3.63, 3.8) is 0 Å². The van der Waals surface area contributed by atoms with Gasteiger partial charge >= 0.3 is 0 Å². The fourth-order valence-electron chi connectivity index (χ4n) is 2.10. The number of hydrogen-bond donors (Lipinski definition) is 1. The lowest BCUT2D eigenvalue weighted by molar-refractivity contribution is -0.384. The highest BCUT2D eigenvalue weighted by molar-refractivity contribution is 5.96. The van der Waals surface area contributed by atoms with E-state index in [0.29, 0.717) is 18.7 Å². The van der Waals surface area contributed by atoms with Crippen molar-refractivity contribution in [1.82, 2.24) is 4.90 Å². The van der Waals surface area contributed by atoms with Gasteiger partial charge in [-0.15, -0.1) is 12.4 Å². The summed E-state index contributed by atoms with van der Waals surface area (Å²) in [6.45, 7) is 2.90. The Hall–Kier alpha value is -1.66. The minimum atomic E-state index is -0.494. The lowest BCUT2D eigenvalue weighted by atomic mass is 10.1. The Kier molecular flexibility index (Phi) is 4.85. The number of nitrogens with zero attached hydrogens (tertiary/aromatic N) is 2. The van der Waals surface area contributed by atoms with Crippen LogP contribution >= 0.6 is 12.4 Å². The molecule has 0 bridgehead atoms. The number of rotatable bonds is 2. The first-order valence-corrected chi connectivity index (χ1v) is 5.79. The number of carbonyl (C=O) groups excluding carboxylic acids is 1. The molecular formula is C12H16ClN3O3. The minimum absolute atomic E-state index is 0. The molecule has 1 heterocycles. The average Bonchev–Trinajstić information content (AvgIpc) is 2.75. The van der Waals surface area contributed by atoms with E-state index >= 15 is 0 Å². The first kappa shape index (κ1) is 15.4. The van der Waals surface area contributed by atoms with Crippen LogP contribution in [0, 0.1) is 17.0 Å². The van der Waals surface area contributed by atoms with E-state index in [0.717, 1.165) is 12.0 Å². The maximum atomic E-state index is 12.2. The number of non-ortho nitro benzene ring substituents is 1. The summed E-state index contributed by atoms with van der Waals surface area (Å²) >= 11 is 0. The molecule has 104 valence electrons. The molecule has 19 heavy (non-hydrogen) atoms. The van der Waals surface area contributed by atoms with Crippen LogP contribution < -0.4 is 5.73 Å². The molecule has 0 radical (unpaired) electrons. The molecule has 0 aliphatic carbocycles. The van der Waals surface area contributed by atoms with Gasteiger partial charge in [0.1, 0.15) is 0 Å². The SMILES string of the molecule is Cc1ccc([N+](=O)[O-])cc1C(=O)N1CC[C@@H](N)C1.Cl. The molecular weight excluding hydrogens is 270 g/mol. The number of hydrogen-bond acceptors (Lipinski definition) is 4. The third-order valence-electron chi connectivity index (χ3n) is 3.17. The Bertz CT molecular complexity index is 507.